The highest BCUT2D eigenvalue weighted by atomic mass is 32.1. The summed E-state index contributed by atoms with van der Waals surface area (Å²) < 4.78 is 4.66. The van der Waals surface area contributed by atoms with Crippen LogP contribution in [0.25, 0.3) is 0 Å². The molecule has 1 nitrogen and oxygen atoms in total. The van der Waals surface area contributed by atoms with Crippen LogP contribution in [0.4, 0.5) is 0 Å². The van der Waals surface area contributed by atoms with Gasteiger partial charge in [-0.2, -0.15) is 0 Å². The van der Waals surface area contributed by atoms with Gasteiger partial charge in [-0.25, -0.2) is 0 Å². The first-order valence-corrected chi connectivity index (χ1v) is 3.25. The SMILES string of the molecule is SOc1ccccc1S. The Labute approximate surface area is 65.1 Å². The van der Waals surface area contributed by atoms with E-state index >= 15 is 0 Å². The van der Waals surface area contributed by atoms with Crippen molar-refractivity contribution in [2.45, 2.75) is 4.90 Å². The maximum Gasteiger partial charge on any atom is 0.150 e. The largest absolute Gasteiger partial charge is 0.428 e. The van der Waals surface area contributed by atoms with Crippen LogP contribution in [-0.2, 0) is 0 Å². The fourth-order valence-electron chi connectivity index (χ4n) is 0.534. The summed E-state index contributed by atoms with van der Waals surface area (Å²) in [5.41, 5.74) is 0. The van der Waals surface area contributed by atoms with E-state index in [-0.39, 0.29) is 0 Å². The summed E-state index contributed by atoms with van der Waals surface area (Å²) in [6, 6.07) is 7.40. The molecular weight excluding hydrogens is 152 g/mol. The molecule has 0 atom stereocenters. The van der Waals surface area contributed by atoms with Crippen molar-refractivity contribution in [3.63, 3.8) is 0 Å². The highest BCUT2D eigenvalue weighted by molar-refractivity contribution is 7.80. The molecule has 1 aromatic carbocycles. The molecule has 1 rings (SSSR count). The van der Waals surface area contributed by atoms with E-state index in [0.717, 1.165) is 4.90 Å². The van der Waals surface area contributed by atoms with Crippen molar-refractivity contribution in [2.24, 2.45) is 0 Å². The third kappa shape index (κ3) is 1.56. The van der Waals surface area contributed by atoms with Gasteiger partial charge in [0.2, 0.25) is 0 Å². The Balaban J connectivity index is 3.01. The second-order valence-corrected chi connectivity index (χ2v) is 2.22. The van der Waals surface area contributed by atoms with Gasteiger partial charge in [-0.3, -0.25) is 0 Å². The molecule has 0 N–H and O–H groups in total. The smallest absolute Gasteiger partial charge is 0.150 e. The summed E-state index contributed by atoms with van der Waals surface area (Å²) in [5, 5.41) is 0. The molecule has 0 aliphatic heterocycles. The summed E-state index contributed by atoms with van der Waals surface area (Å²) >= 11 is 7.74. The third-order valence-corrected chi connectivity index (χ3v) is 1.53. The Kier molecular flexibility index (Phi) is 2.30. The lowest BCUT2D eigenvalue weighted by molar-refractivity contribution is 0.641. The van der Waals surface area contributed by atoms with Crippen LogP contribution in [0, 0.1) is 0 Å². The average Bonchev–Trinajstić information content (AvgIpc) is 1.89. The van der Waals surface area contributed by atoms with Crippen LogP contribution in [-0.4, -0.2) is 0 Å². The Bertz CT molecular complexity index is 200. The first-order chi connectivity index (χ1) is 4.34. The van der Waals surface area contributed by atoms with E-state index in [2.05, 4.69) is 29.7 Å². The zero-order valence-electron chi connectivity index (χ0n) is 4.61. The Morgan fingerprint density at radius 3 is 2.33 bits per heavy atom. The van der Waals surface area contributed by atoms with Crippen LogP contribution in [0.1, 0.15) is 0 Å². The molecule has 9 heavy (non-hydrogen) atoms. The molecule has 0 saturated carbocycles. The van der Waals surface area contributed by atoms with Gasteiger partial charge in [0.05, 0.1) is 0 Å². The number of hydrogen-bond donors (Lipinski definition) is 2. The van der Waals surface area contributed by atoms with E-state index in [1.165, 1.54) is 0 Å². The van der Waals surface area contributed by atoms with Gasteiger partial charge >= 0.3 is 0 Å². The van der Waals surface area contributed by atoms with Crippen molar-refractivity contribution in [1.82, 2.24) is 0 Å². The number of rotatable bonds is 1. The third-order valence-electron chi connectivity index (χ3n) is 0.964. The first-order valence-electron chi connectivity index (χ1n) is 2.44. The van der Waals surface area contributed by atoms with E-state index in [4.69, 9.17) is 0 Å². The fraction of sp³-hybridized carbons (Fsp3) is 0. The predicted molar refractivity (Wildman–Crippen MR) is 43.3 cm³/mol. The second kappa shape index (κ2) is 3.03. The molecule has 3 heteroatoms. The number of thiol groups is 2. The summed E-state index contributed by atoms with van der Waals surface area (Å²) in [6.45, 7) is 0. The topological polar surface area (TPSA) is 9.23 Å². The number of benzene rings is 1. The molecule has 0 aromatic heterocycles. The Hall–Kier alpha value is -0.280. The van der Waals surface area contributed by atoms with Gasteiger partial charge in [0.15, 0.2) is 0 Å². The van der Waals surface area contributed by atoms with Crippen molar-refractivity contribution in [3.05, 3.63) is 24.3 Å². The molecule has 0 radical (unpaired) electrons. The van der Waals surface area contributed by atoms with Crippen LogP contribution < -0.4 is 4.18 Å². The Morgan fingerprint density at radius 2 is 1.89 bits per heavy atom. The lowest BCUT2D eigenvalue weighted by Crippen LogP contribution is -1.74. The summed E-state index contributed by atoms with van der Waals surface area (Å²) in [6.07, 6.45) is 0. The van der Waals surface area contributed by atoms with Gasteiger partial charge in [-0.05, 0) is 12.1 Å². The molecular formula is C6H6OS2. The molecule has 0 unspecified atom stereocenters. The minimum atomic E-state index is 0.684. The molecule has 0 spiro atoms. The van der Waals surface area contributed by atoms with Crippen LogP contribution in [0.2, 0.25) is 0 Å². The van der Waals surface area contributed by atoms with Crippen molar-refractivity contribution >= 4 is 25.5 Å². The van der Waals surface area contributed by atoms with Crippen LogP contribution in [0.3, 0.4) is 0 Å². The standard InChI is InChI=1S/C6H6OS2/c8-6-4-2-1-3-5(6)7-9/h1-4,8-9H. The van der Waals surface area contributed by atoms with Crippen molar-refractivity contribution < 1.29 is 4.18 Å². The lowest BCUT2D eigenvalue weighted by Gasteiger charge is -1.97. The average molecular weight is 158 g/mol. The minimum Gasteiger partial charge on any atom is -0.428 e. The maximum absolute atomic E-state index is 4.66. The zero-order chi connectivity index (χ0) is 6.69. The molecule has 0 amide bonds. The lowest BCUT2D eigenvalue weighted by atomic mass is 10.3. The van der Waals surface area contributed by atoms with E-state index < -0.39 is 0 Å². The molecule has 0 saturated heterocycles. The van der Waals surface area contributed by atoms with Crippen molar-refractivity contribution in [1.29, 1.82) is 0 Å². The van der Waals surface area contributed by atoms with E-state index in [9.17, 15) is 0 Å². The van der Waals surface area contributed by atoms with E-state index in [0.29, 0.717) is 5.75 Å². The maximum atomic E-state index is 4.66. The second-order valence-electron chi connectivity index (χ2n) is 1.56. The van der Waals surface area contributed by atoms with Crippen LogP contribution in [0.5, 0.6) is 5.75 Å². The summed E-state index contributed by atoms with van der Waals surface area (Å²) in [4.78, 5) is 0.799. The summed E-state index contributed by atoms with van der Waals surface area (Å²) in [7, 11) is 0. The normalized spacial score (nSPS) is 9.11. The van der Waals surface area contributed by atoms with Gasteiger partial charge in [-0.15, -0.1) is 12.6 Å². The highest BCUT2D eigenvalue weighted by Gasteiger charge is 1.93. The van der Waals surface area contributed by atoms with Gasteiger partial charge in [-0.1, -0.05) is 12.1 Å². The van der Waals surface area contributed by atoms with Crippen LogP contribution in [0.15, 0.2) is 29.2 Å². The minimum absolute atomic E-state index is 0.684. The van der Waals surface area contributed by atoms with Gasteiger partial charge < -0.3 is 4.18 Å². The molecule has 0 heterocycles. The van der Waals surface area contributed by atoms with Crippen molar-refractivity contribution in [2.75, 3.05) is 0 Å². The van der Waals surface area contributed by atoms with E-state index in [1.54, 1.807) is 6.07 Å². The van der Waals surface area contributed by atoms with Gasteiger partial charge in [0, 0.05) is 17.8 Å². The number of para-hydroxylation sites is 1. The van der Waals surface area contributed by atoms with Gasteiger partial charge in [0.1, 0.15) is 5.75 Å². The van der Waals surface area contributed by atoms with Gasteiger partial charge in [0.25, 0.3) is 0 Å². The molecule has 0 bridgehead atoms. The summed E-state index contributed by atoms with van der Waals surface area (Å²) in [5.74, 6) is 0.684. The monoisotopic (exact) mass is 158 g/mol. The quantitative estimate of drug-likeness (QED) is 0.470. The molecule has 48 valence electrons. The highest BCUT2D eigenvalue weighted by Crippen LogP contribution is 2.21. The molecule has 1 aromatic rings. The molecule has 0 aliphatic carbocycles. The van der Waals surface area contributed by atoms with Crippen LogP contribution >= 0.6 is 25.5 Å². The number of hydrogen-bond acceptors (Lipinski definition) is 3. The zero-order valence-corrected chi connectivity index (χ0v) is 6.40. The first kappa shape index (κ1) is 6.83. The predicted octanol–water partition coefficient (Wildman–Crippen LogP) is 2.20. The fourth-order valence-corrected chi connectivity index (χ4v) is 0.972. The Morgan fingerprint density at radius 1 is 1.22 bits per heavy atom. The van der Waals surface area contributed by atoms with E-state index in [1.807, 2.05) is 18.2 Å². The van der Waals surface area contributed by atoms with Crippen molar-refractivity contribution in [3.8, 4) is 5.75 Å². The molecule has 0 aliphatic rings. The molecule has 0 fully saturated rings.